The zero-order chi connectivity index (χ0) is 17.9. The first-order chi connectivity index (χ1) is 12.8. The number of carbonyl (C=O) groups excluding carboxylic acids is 1. The van der Waals surface area contributed by atoms with Crippen LogP contribution in [0.3, 0.4) is 0 Å². The van der Waals surface area contributed by atoms with Crippen LogP contribution in [0.1, 0.15) is 41.2 Å². The van der Waals surface area contributed by atoms with E-state index in [0.717, 1.165) is 53.6 Å². The molecule has 1 aliphatic heterocycles. The Kier molecular flexibility index (Phi) is 4.57. The molecular formula is C22H22N2O2. The summed E-state index contributed by atoms with van der Waals surface area (Å²) < 4.78 is 5.37. The standard InChI is InChI=1S/C22H22N2O2/c1-26-17-8-6-7-16(15-17)21-11-4-5-14-24(21)22(25)19-12-13-23-20-10-3-2-9-18(19)20/h2-3,6-10,12-13,15,21H,4-5,11,14H2,1H3/t21-/m0/s1. The highest BCUT2D eigenvalue weighted by atomic mass is 16.5. The van der Waals surface area contributed by atoms with Crippen molar-refractivity contribution in [3.63, 3.8) is 0 Å². The van der Waals surface area contributed by atoms with E-state index in [9.17, 15) is 4.79 Å². The number of amides is 1. The Hall–Kier alpha value is -2.88. The molecule has 4 nitrogen and oxygen atoms in total. The van der Waals surface area contributed by atoms with E-state index in [4.69, 9.17) is 4.74 Å². The zero-order valence-corrected chi connectivity index (χ0v) is 14.9. The van der Waals surface area contributed by atoms with Gasteiger partial charge < -0.3 is 9.64 Å². The van der Waals surface area contributed by atoms with E-state index >= 15 is 0 Å². The third-order valence-electron chi connectivity index (χ3n) is 5.12. The molecule has 3 aromatic rings. The number of piperidine rings is 1. The number of nitrogens with zero attached hydrogens (tertiary/aromatic N) is 2. The molecule has 4 rings (SSSR count). The van der Waals surface area contributed by atoms with Crippen LogP contribution in [0.15, 0.2) is 60.8 Å². The normalized spacial score (nSPS) is 17.3. The summed E-state index contributed by atoms with van der Waals surface area (Å²) in [6.45, 7) is 0.775. The van der Waals surface area contributed by atoms with Crippen LogP contribution < -0.4 is 4.74 Å². The van der Waals surface area contributed by atoms with Gasteiger partial charge in [0.1, 0.15) is 5.75 Å². The molecule has 1 atom stereocenters. The Labute approximate surface area is 153 Å². The van der Waals surface area contributed by atoms with Crippen molar-refractivity contribution in [2.45, 2.75) is 25.3 Å². The molecule has 1 fully saturated rings. The molecule has 0 N–H and O–H groups in total. The van der Waals surface area contributed by atoms with Crippen molar-refractivity contribution < 1.29 is 9.53 Å². The number of fused-ring (bicyclic) bond motifs is 1. The minimum Gasteiger partial charge on any atom is -0.497 e. The van der Waals surface area contributed by atoms with Crippen LogP contribution >= 0.6 is 0 Å². The topological polar surface area (TPSA) is 42.4 Å². The first-order valence-corrected chi connectivity index (χ1v) is 9.06. The number of ether oxygens (including phenoxy) is 1. The van der Waals surface area contributed by atoms with Gasteiger partial charge in [-0.25, -0.2) is 0 Å². The molecule has 0 saturated carbocycles. The van der Waals surface area contributed by atoms with Gasteiger partial charge in [0.05, 0.1) is 24.2 Å². The van der Waals surface area contributed by atoms with Crippen LogP contribution in [0.2, 0.25) is 0 Å². The molecule has 132 valence electrons. The van der Waals surface area contributed by atoms with Gasteiger partial charge >= 0.3 is 0 Å². The van der Waals surface area contributed by atoms with Crippen LogP contribution in [-0.2, 0) is 0 Å². The van der Waals surface area contributed by atoms with E-state index in [0.29, 0.717) is 0 Å². The summed E-state index contributed by atoms with van der Waals surface area (Å²) in [5.74, 6) is 0.908. The maximum atomic E-state index is 13.4. The van der Waals surface area contributed by atoms with Gasteiger partial charge in [0.25, 0.3) is 5.91 Å². The van der Waals surface area contributed by atoms with E-state index in [1.54, 1.807) is 13.3 Å². The smallest absolute Gasteiger partial charge is 0.255 e. The number of methoxy groups -OCH3 is 1. The van der Waals surface area contributed by atoms with Gasteiger partial charge in [-0.05, 0) is 49.1 Å². The second-order valence-electron chi connectivity index (χ2n) is 6.66. The first-order valence-electron chi connectivity index (χ1n) is 9.06. The Morgan fingerprint density at radius 2 is 2.00 bits per heavy atom. The monoisotopic (exact) mass is 346 g/mol. The highest BCUT2D eigenvalue weighted by Crippen LogP contribution is 2.34. The van der Waals surface area contributed by atoms with E-state index < -0.39 is 0 Å². The summed E-state index contributed by atoms with van der Waals surface area (Å²) >= 11 is 0. The summed E-state index contributed by atoms with van der Waals surface area (Å²) in [6, 6.07) is 17.8. The number of benzene rings is 2. The predicted molar refractivity (Wildman–Crippen MR) is 102 cm³/mol. The number of hydrogen-bond acceptors (Lipinski definition) is 3. The second kappa shape index (κ2) is 7.16. The second-order valence-corrected chi connectivity index (χ2v) is 6.66. The quantitative estimate of drug-likeness (QED) is 0.695. The van der Waals surface area contributed by atoms with Crippen molar-refractivity contribution in [1.29, 1.82) is 0 Å². The molecular weight excluding hydrogens is 324 g/mol. The lowest BCUT2D eigenvalue weighted by atomic mass is 9.94. The number of pyridine rings is 1. The number of hydrogen-bond donors (Lipinski definition) is 0. The Bertz CT molecular complexity index is 933. The van der Waals surface area contributed by atoms with Crippen molar-refractivity contribution >= 4 is 16.8 Å². The van der Waals surface area contributed by atoms with Crippen molar-refractivity contribution in [2.24, 2.45) is 0 Å². The first kappa shape index (κ1) is 16.6. The maximum Gasteiger partial charge on any atom is 0.255 e. The average molecular weight is 346 g/mol. The maximum absolute atomic E-state index is 13.4. The van der Waals surface area contributed by atoms with Crippen molar-refractivity contribution in [2.75, 3.05) is 13.7 Å². The minimum absolute atomic E-state index is 0.0797. The molecule has 1 aliphatic rings. The number of carbonyl (C=O) groups is 1. The van der Waals surface area contributed by atoms with Crippen LogP contribution in [0, 0.1) is 0 Å². The fourth-order valence-corrected chi connectivity index (χ4v) is 3.81. The fourth-order valence-electron chi connectivity index (χ4n) is 3.81. The lowest BCUT2D eigenvalue weighted by Crippen LogP contribution is -2.38. The lowest BCUT2D eigenvalue weighted by molar-refractivity contribution is 0.0613. The summed E-state index contributed by atoms with van der Waals surface area (Å²) in [6.07, 6.45) is 4.86. The van der Waals surface area contributed by atoms with Gasteiger partial charge in [0.2, 0.25) is 0 Å². The zero-order valence-electron chi connectivity index (χ0n) is 14.9. The SMILES string of the molecule is COc1cccc([C@@H]2CCCCN2C(=O)c2ccnc3ccccc23)c1. The molecule has 2 aromatic carbocycles. The fraction of sp³-hybridized carbons (Fsp3) is 0.273. The van der Waals surface area contributed by atoms with Crippen LogP contribution in [0.4, 0.5) is 0 Å². The van der Waals surface area contributed by atoms with E-state index in [-0.39, 0.29) is 11.9 Å². The Morgan fingerprint density at radius 1 is 1.12 bits per heavy atom. The number of para-hydroxylation sites is 1. The van der Waals surface area contributed by atoms with Gasteiger partial charge in [0, 0.05) is 18.1 Å². The Balaban J connectivity index is 1.72. The highest BCUT2D eigenvalue weighted by molar-refractivity contribution is 6.06. The summed E-state index contributed by atoms with van der Waals surface area (Å²) in [5, 5.41) is 0.912. The van der Waals surface area contributed by atoms with Gasteiger partial charge in [-0.15, -0.1) is 0 Å². The molecule has 0 unspecified atom stereocenters. The van der Waals surface area contributed by atoms with Crippen molar-refractivity contribution in [3.05, 3.63) is 71.9 Å². The van der Waals surface area contributed by atoms with Gasteiger partial charge in [-0.2, -0.15) is 0 Å². The summed E-state index contributed by atoms with van der Waals surface area (Å²) in [4.78, 5) is 19.8. The molecule has 1 aromatic heterocycles. The van der Waals surface area contributed by atoms with Gasteiger partial charge in [-0.1, -0.05) is 30.3 Å². The van der Waals surface area contributed by atoms with E-state index in [1.807, 2.05) is 53.4 Å². The number of aromatic nitrogens is 1. The largest absolute Gasteiger partial charge is 0.497 e. The molecule has 0 spiro atoms. The van der Waals surface area contributed by atoms with E-state index in [2.05, 4.69) is 11.1 Å². The van der Waals surface area contributed by atoms with Gasteiger partial charge in [-0.3, -0.25) is 9.78 Å². The average Bonchev–Trinajstić information content (AvgIpc) is 2.73. The molecule has 26 heavy (non-hydrogen) atoms. The number of rotatable bonds is 3. The predicted octanol–water partition coefficient (Wildman–Crippen LogP) is 4.61. The molecule has 1 saturated heterocycles. The molecule has 0 bridgehead atoms. The third kappa shape index (κ3) is 3.03. The summed E-state index contributed by atoms with van der Waals surface area (Å²) in [7, 11) is 1.67. The van der Waals surface area contributed by atoms with Crippen LogP contribution in [-0.4, -0.2) is 29.4 Å². The molecule has 0 radical (unpaired) electrons. The lowest BCUT2D eigenvalue weighted by Gasteiger charge is -2.36. The minimum atomic E-state index is 0.0797. The molecule has 1 amide bonds. The van der Waals surface area contributed by atoms with Crippen LogP contribution in [0.25, 0.3) is 10.9 Å². The van der Waals surface area contributed by atoms with Crippen LogP contribution in [0.5, 0.6) is 5.75 Å². The highest BCUT2D eigenvalue weighted by Gasteiger charge is 2.29. The molecule has 2 heterocycles. The van der Waals surface area contributed by atoms with Gasteiger partial charge in [0.15, 0.2) is 0 Å². The van der Waals surface area contributed by atoms with E-state index in [1.165, 1.54) is 0 Å². The Morgan fingerprint density at radius 3 is 2.88 bits per heavy atom. The molecule has 4 heteroatoms. The summed E-state index contributed by atoms with van der Waals surface area (Å²) in [5.41, 5.74) is 2.72. The number of likely N-dealkylation sites (tertiary alicyclic amines) is 1. The van der Waals surface area contributed by atoms with Crippen molar-refractivity contribution in [1.82, 2.24) is 9.88 Å². The van der Waals surface area contributed by atoms with Crippen molar-refractivity contribution in [3.8, 4) is 5.75 Å². The third-order valence-corrected chi connectivity index (χ3v) is 5.12. The molecule has 0 aliphatic carbocycles.